The molecule has 7 heteroatoms. The molecule has 31 heavy (non-hydrogen) atoms. The lowest BCUT2D eigenvalue weighted by atomic mass is 9.95. The van der Waals surface area contributed by atoms with Crippen LogP contribution in [-0.2, 0) is 16.4 Å². The molecule has 0 spiro atoms. The SMILES string of the molecule is Cc1c(C2=CS(=O)(=O)c3cc(-c4ccncc4)ccc32)c2cc(F)ccc2n1CCO. The molecule has 0 aliphatic carbocycles. The van der Waals surface area contributed by atoms with Crippen molar-refractivity contribution in [2.24, 2.45) is 0 Å². The lowest BCUT2D eigenvalue weighted by molar-refractivity contribution is 0.277. The third-order valence-electron chi connectivity index (χ3n) is 5.74. The summed E-state index contributed by atoms with van der Waals surface area (Å²) in [5, 5.41) is 11.4. The van der Waals surface area contributed by atoms with Gasteiger partial charge in [0.1, 0.15) is 5.82 Å². The van der Waals surface area contributed by atoms with Crippen molar-refractivity contribution in [1.82, 2.24) is 9.55 Å². The first-order chi connectivity index (χ1) is 14.9. The lowest BCUT2D eigenvalue weighted by Crippen LogP contribution is -2.04. The first-order valence-corrected chi connectivity index (χ1v) is 11.4. The summed E-state index contributed by atoms with van der Waals surface area (Å²) in [6.45, 7) is 2.12. The Labute approximate surface area is 179 Å². The number of nitrogens with zero attached hydrogens (tertiary/aromatic N) is 2. The predicted molar refractivity (Wildman–Crippen MR) is 118 cm³/mol. The van der Waals surface area contributed by atoms with Crippen LogP contribution in [0.4, 0.5) is 4.39 Å². The van der Waals surface area contributed by atoms with Gasteiger partial charge in [0.2, 0.25) is 9.84 Å². The summed E-state index contributed by atoms with van der Waals surface area (Å²) in [5.41, 5.74) is 4.99. The van der Waals surface area contributed by atoms with E-state index in [0.29, 0.717) is 28.6 Å². The molecule has 1 N–H and O–H groups in total. The van der Waals surface area contributed by atoms with Crippen molar-refractivity contribution < 1.29 is 17.9 Å². The minimum Gasteiger partial charge on any atom is -0.395 e. The van der Waals surface area contributed by atoms with Crippen LogP contribution in [0.5, 0.6) is 0 Å². The minimum atomic E-state index is -3.66. The van der Waals surface area contributed by atoms with Crippen LogP contribution >= 0.6 is 0 Å². The van der Waals surface area contributed by atoms with Crippen LogP contribution in [0.25, 0.3) is 27.6 Å². The van der Waals surface area contributed by atoms with E-state index in [0.717, 1.165) is 22.3 Å². The fourth-order valence-electron chi connectivity index (χ4n) is 4.36. The number of hydrogen-bond acceptors (Lipinski definition) is 4. The first kappa shape index (κ1) is 19.7. The van der Waals surface area contributed by atoms with Gasteiger partial charge in [-0.05, 0) is 54.4 Å². The van der Waals surface area contributed by atoms with Gasteiger partial charge in [-0.25, -0.2) is 12.8 Å². The maximum Gasteiger partial charge on any atom is 0.201 e. The van der Waals surface area contributed by atoms with Gasteiger partial charge >= 0.3 is 0 Å². The number of aliphatic hydroxyl groups excluding tert-OH is 1. The van der Waals surface area contributed by atoms with Gasteiger partial charge in [-0.1, -0.05) is 12.1 Å². The Morgan fingerprint density at radius 3 is 2.55 bits per heavy atom. The second kappa shape index (κ2) is 7.14. The van der Waals surface area contributed by atoms with Crippen molar-refractivity contribution in [3.8, 4) is 11.1 Å². The largest absolute Gasteiger partial charge is 0.395 e. The van der Waals surface area contributed by atoms with Gasteiger partial charge in [-0.3, -0.25) is 4.98 Å². The Kier molecular flexibility index (Phi) is 4.53. The number of aliphatic hydroxyl groups is 1. The molecule has 5 nitrogen and oxygen atoms in total. The summed E-state index contributed by atoms with van der Waals surface area (Å²) in [7, 11) is -3.66. The summed E-state index contributed by atoms with van der Waals surface area (Å²) >= 11 is 0. The molecule has 4 aromatic rings. The average molecular weight is 434 g/mol. The van der Waals surface area contributed by atoms with Crippen LogP contribution in [0.2, 0.25) is 0 Å². The molecule has 3 heterocycles. The van der Waals surface area contributed by atoms with E-state index in [4.69, 9.17) is 0 Å². The number of benzene rings is 2. The highest BCUT2D eigenvalue weighted by molar-refractivity contribution is 7.95. The molecule has 0 unspecified atom stereocenters. The van der Waals surface area contributed by atoms with Crippen LogP contribution in [0.15, 0.2) is 71.2 Å². The third-order valence-corrected chi connectivity index (χ3v) is 7.24. The van der Waals surface area contributed by atoms with Crippen molar-refractivity contribution in [2.75, 3.05) is 6.61 Å². The molecule has 0 atom stereocenters. The molecular weight excluding hydrogens is 415 g/mol. The van der Waals surface area contributed by atoms with E-state index in [1.165, 1.54) is 17.5 Å². The topological polar surface area (TPSA) is 72.2 Å². The first-order valence-electron chi connectivity index (χ1n) is 9.82. The maximum atomic E-state index is 14.1. The second-order valence-corrected chi connectivity index (χ2v) is 9.29. The molecule has 0 radical (unpaired) electrons. The molecular formula is C24H19FN2O3S. The van der Waals surface area contributed by atoms with Crippen LogP contribution in [0, 0.1) is 12.7 Å². The highest BCUT2D eigenvalue weighted by atomic mass is 32.2. The highest BCUT2D eigenvalue weighted by Crippen LogP contribution is 2.43. The molecule has 1 aliphatic heterocycles. The van der Waals surface area contributed by atoms with Crippen LogP contribution < -0.4 is 0 Å². The summed E-state index contributed by atoms with van der Waals surface area (Å²) in [5.74, 6) is -0.399. The van der Waals surface area contributed by atoms with E-state index >= 15 is 0 Å². The fraction of sp³-hybridized carbons (Fsp3) is 0.125. The van der Waals surface area contributed by atoms with Crippen molar-refractivity contribution in [2.45, 2.75) is 18.4 Å². The Morgan fingerprint density at radius 1 is 1.03 bits per heavy atom. The Hall–Kier alpha value is -3.29. The number of sulfone groups is 1. The van der Waals surface area contributed by atoms with Gasteiger partial charge in [0.15, 0.2) is 0 Å². The summed E-state index contributed by atoms with van der Waals surface area (Å²) in [4.78, 5) is 4.24. The standard InChI is InChI=1S/C24H19FN2O3S/c1-15-24(20-13-18(25)3-5-22(20)27(15)10-11-28)21-14-31(29,30)23-12-17(2-4-19(21)23)16-6-8-26-9-7-16/h2-9,12-14,28H,10-11H2,1H3. The number of rotatable bonds is 4. The Morgan fingerprint density at radius 2 is 1.81 bits per heavy atom. The van der Waals surface area contributed by atoms with E-state index < -0.39 is 15.7 Å². The van der Waals surface area contributed by atoms with E-state index in [1.54, 1.807) is 30.6 Å². The fourth-order valence-corrected chi connectivity index (χ4v) is 5.82. The van der Waals surface area contributed by atoms with Crippen LogP contribution in [0.1, 0.15) is 16.8 Å². The molecule has 2 aromatic carbocycles. The van der Waals surface area contributed by atoms with Gasteiger partial charge in [0.25, 0.3) is 0 Å². The molecule has 2 aromatic heterocycles. The molecule has 0 saturated carbocycles. The number of fused-ring (bicyclic) bond motifs is 2. The zero-order valence-corrected chi connectivity index (χ0v) is 17.5. The monoisotopic (exact) mass is 434 g/mol. The smallest absolute Gasteiger partial charge is 0.201 e. The van der Waals surface area contributed by atoms with Gasteiger partial charge in [-0.15, -0.1) is 0 Å². The lowest BCUT2D eigenvalue weighted by Gasteiger charge is -2.09. The summed E-state index contributed by atoms with van der Waals surface area (Å²) in [6, 6.07) is 13.5. The predicted octanol–water partition coefficient (Wildman–Crippen LogP) is 4.32. The van der Waals surface area contributed by atoms with Crippen LogP contribution in [0.3, 0.4) is 0 Å². The Balaban J connectivity index is 1.75. The third kappa shape index (κ3) is 3.08. The maximum absolute atomic E-state index is 14.1. The Bertz CT molecular complexity index is 1470. The number of aromatic nitrogens is 2. The van der Waals surface area contributed by atoms with Gasteiger partial charge in [0, 0.05) is 57.6 Å². The summed E-state index contributed by atoms with van der Waals surface area (Å²) < 4.78 is 42.1. The van der Waals surface area contributed by atoms with Crippen LogP contribution in [-0.4, -0.2) is 29.7 Å². The van der Waals surface area contributed by atoms with E-state index in [-0.39, 0.29) is 11.5 Å². The summed E-state index contributed by atoms with van der Waals surface area (Å²) in [6.07, 6.45) is 3.32. The molecule has 156 valence electrons. The highest BCUT2D eigenvalue weighted by Gasteiger charge is 2.31. The number of halogens is 1. The van der Waals surface area contributed by atoms with Crippen molar-refractivity contribution >= 4 is 26.3 Å². The van der Waals surface area contributed by atoms with Crippen molar-refractivity contribution in [3.05, 3.63) is 89.0 Å². The molecule has 0 bridgehead atoms. The molecule has 1 aliphatic rings. The number of hydrogen-bond donors (Lipinski definition) is 1. The normalized spacial score (nSPS) is 14.6. The average Bonchev–Trinajstić information content (AvgIpc) is 3.18. The second-order valence-electron chi connectivity index (χ2n) is 7.52. The molecule has 0 fully saturated rings. The molecule has 5 rings (SSSR count). The number of pyridine rings is 1. The van der Waals surface area contributed by atoms with Crippen molar-refractivity contribution in [3.63, 3.8) is 0 Å². The molecule has 0 saturated heterocycles. The zero-order chi connectivity index (χ0) is 21.8. The van der Waals surface area contributed by atoms with Gasteiger partial charge in [-0.2, -0.15) is 0 Å². The minimum absolute atomic E-state index is 0.0787. The van der Waals surface area contributed by atoms with Gasteiger partial charge < -0.3 is 9.67 Å². The van der Waals surface area contributed by atoms with E-state index in [9.17, 15) is 17.9 Å². The molecule has 0 amide bonds. The van der Waals surface area contributed by atoms with Crippen molar-refractivity contribution in [1.29, 1.82) is 0 Å². The van der Waals surface area contributed by atoms with E-state index in [2.05, 4.69) is 4.98 Å². The zero-order valence-electron chi connectivity index (χ0n) is 16.7. The van der Waals surface area contributed by atoms with Gasteiger partial charge in [0.05, 0.1) is 11.5 Å². The van der Waals surface area contributed by atoms with E-state index in [1.807, 2.05) is 29.7 Å². The quantitative estimate of drug-likeness (QED) is 0.519.